The van der Waals surface area contributed by atoms with Gasteiger partial charge in [-0.3, -0.25) is 4.79 Å². The van der Waals surface area contributed by atoms with Gasteiger partial charge in [-0.1, -0.05) is 42.5 Å². The number of benzene rings is 2. The second-order valence-electron chi connectivity index (χ2n) is 6.66. The third kappa shape index (κ3) is 4.47. The van der Waals surface area contributed by atoms with Gasteiger partial charge in [0.2, 0.25) is 0 Å². The molecule has 1 aliphatic rings. The fourth-order valence-electron chi connectivity index (χ4n) is 3.48. The lowest BCUT2D eigenvalue weighted by atomic mass is 9.91. The second-order valence-corrected chi connectivity index (χ2v) is 6.66. The van der Waals surface area contributed by atoms with Crippen LogP contribution in [0.4, 0.5) is 0 Å². The van der Waals surface area contributed by atoms with Crippen LogP contribution >= 0.6 is 0 Å². The standard InChI is InChI=1S/C21H25NO3/c1-15-5-2-3-8-19(15)18-7-4-6-16(13-18)14-22-20(21(23)24)17-9-11-25-12-10-17/h2-8,13,17,20,22H,9-12,14H2,1H3,(H,23,24). The molecule has 132 valence electrons. The molecule has 0 spiro atoms. The minimum atomic E-state index is -0.776. The molecule has 1 saturated heterocycles. The van der Waals surface area contributed by atoms with Crippen molar-refractivity contribution < 1.29 is 14.6 Å². The molecular weight excluding hydrogens is 314 g/mol. The number of carboxylic acid groups (broad SMARTS) is 1. The number of carboxylic acids is 1. The van der Waals surface area contributed by atoms with Crippen molar-refractivity contribution in [3.05, 3.63) is 59.7 Å². The fraction of sp³-hybridized carbons (Fsp3) is 0.381. The average Bonchev–Trinajstić information content (AvgIpc) is 2.63. The van der Waals surface area contributed by atoms with Gasteiger partial charge in [0.15, 0.2) is 0 Å². The first kappa shape index (κ1) is 17.6. The van der Waals surface area contributed by atoms with Crippen molar-refractivity contribution >= 4 is 5.97 Å². The van der Waals surface area contributed by atoms with Crippen LogP contribution in [-0.2, 0) is 16.1 Å². The summed E-state index contributed by atoms with van der Waals surface area (Å²) in [7, 11) is 0. The van der Waals surface area contributed by atoms with Crippen molar-refractivity contribution in [2.45, 2.75) is 32.4 Å². The topological polar surface area (TPSA) is 58.6 Å². The van der Waals surface area contributed by atoms with E-state index in [1.807, 2.05) is 24.3 Å². The van der Waals surface area contributed by atoms with E-state index in [1.54, 1.807) is 0 Å². The highest BCUT2D eigenvalue weighted by Gasteiger charge is 2.29. The van der Waals surface area contributed by atoms with E-state index in [0.717, 1.165) is 24.0 Å². The molecule has 2 aromatic carbocycles. The van der Waals surface area contributed by atoms with E-state index in [-0.39, 0.29) is 5.92 Å². The maximum absolute atomic E-state index is 11.6. The molecular formula is C21H25NO3. The third-order valence-corrected chi connectivity index (χ3v) is 4.91. The van der Waals surface area contributed by atoms with Crippen LogP contribution in [0.25, 0.3) is 11.1 Å². The molecule has 25 heavy (non-hydrogen) atoms. The Labute approximate surface area is 148 Å². The van der Waals surface area contributed by atoms with Gasteiger partial charge in [0, 0.05) is 19.8 Å². The summed E-state index contributed by atoms with van der Waals surface area (Å²) in [5, 5.41) is 12.8. The molecule has 2 aromatic rings. The first-order valence-electron chi connectivity index (χ1n) is 8.84. The largest absolute Gasteiger partial charge is 0.480 e. The lowest BCUT2D eigenvalue weighted by molar-refractivity contribution is -0.142. The van der Waals surface area contributed by atoms with Gasteiger partial charge in [-0.15, -0.1) is 0 Å². The van der Waals surface area contributed by atoms with Gasteiger partial charge in [0.25, 0.3) is 0 Å². The lowest BCUT2D eigenvalue weighted by Gasteiger charge is -2.28. The molecule has 0 bridgehead atoms. The van der Waals surface area contributed by atoms with E-state index >= 15 is 0 Å². The van der Waals surface area contributed by atoms with E-state index in [4.69, 9.17) is 4.74 Å². The van der Waals surface area contributed by atoms with Gasteiger partial charge in [0.05, 0.1) is 0 Å². The summed E-state index contributed by atoms with van der Waals surface area (Å²) in [6.45, 7) is 3.96. The molecule has 1 heterocycles. The molecule has 1 unspecified atom stereocenters. The molecule has 0 radical (unpaired) electrons. The summed E-state index contributed by atoms with van der Waals surface area (Å²) < 4.78 is 5.35. The van der Waals surface area contributed by atoms with Crippen LogP contribution in [0.2, 0.25) is 0 Å². The number of hydrogen-bond acceptors (Lipinski definition) is 3. The van der Waals surface area contributed by atoms with E-state index in [1.165, 1.54) is 11.1 Å². The van der Waals surface area contributed by atoms with Crippen LogP contribution in [0.3, 0.4) is 0 Å². The molecule has 4 heteroatoms. The number of ether oxygens (including phenoxy) is 1. The summed E-state index contributed by atoms with van der Waals surface area (Å²) in [4.78, 5) is 11.6. The average molecular weight is 339 g/mol. The van der Waals surface area contributed by atoms with Gasteiger partial charge in [-0.05, 0) is 54.0 Å². The van der Waals surface area contributed by atoms with Gasteiger partial charge in [-0.2, -0.15) is 0 Å². The summed E-state index contributed by atoms with van der Waals surface area (Å²) in [6, 6.07) is 16.1. The van der Waals surface area contributed by atoms with Crippen LogP contribution in [-0.4, -0.2) is 30.3 Å². The van der Waals surface area contributed by atoms with Crippen LogP contribution < -0.4 is 5.32 Å². The summed E-state index contributed by atoms with van der Waals surface area (Å²) in [5.41, 5.74) is 4.70. The Morgan fingerprint density at radius 2 is 1.96 bits per heavy atom. The normalized spacial score (nSPS) is 16.5. The Hall–Kier alpha value is -2.17. The first-order valence-corrected chi connectivity index (χ1v) is 8.84. The minimum Gasteiger partial charge on any atom is -0.480 e. The maximum atomic E-state index is 11.6. The molecule has 0 saturated carbocycles. The van der Waals surface area contributed by atoms with Gasteiger partial charge < -0.3 is 15.2 Å². The van der Waals surface area contributed by atoms with Crippen molar-refractivity contribution in [1.29, 1.82) is 0 Å². The zero-order valence-corrected chi connectivity index (χ0v) is 14.6. The SMILES string of the molecule is Cc1ccccc1-c1cccc(CNC(C(=O)O)C2CCOCC2)c1. The molecule has 1 fully saturated rings. The van der Waals surface area contributed by atoms with Crippen molar-refractivity contribution in [3.63, 3.8) is 0 Å². The fourth-order valence-corrected chi connectivity index (χ4v) is 3.48. The highest BCUT2D eigenvalue weighted by molar-refractivity contribution is 5.74. The molecule has 3 rings (SSSR count). The predicted molar refractivity (Wildman–Crippen MR) is 98.4 cm³/mol. The molecule has 0 aliphatic carbocycles. The van der Waals surface area contributed by atoms with E-state index in [9.17, 15) is 9.90 Å². The summed E-state index contributed by atoms with van der Waals surface area (Å²) in [6.07, 6.45) is 1.60. The van der Waals surface area contributed by atoms with Crippen LogP contribution in [0.15, 0.2) is 48.5 Å². The maximum Gasteiger partial charge on any atom is 0.320 e. The monoisotopic (exact) mass is 339 g/mol. The number of hydrogen-bond donors (Lipinski definition) is 2. The van der Waals surface area contributed by atoms with Crippen LogP contribution in [0, 0.1) is 12.8 Å². The van der Waals surface area contributed by atoms with Crippen molar-refractivity contribution in [1.82, 2.24) is 5.32 Å². The molecule has 1 aliphatic heterocycles. The van der Waals surface area contributed by atoms with E-state index in [2.05, 4.69) is 36.5 Å². The molecule has 0 aromatic heterocycles. The Morgan fingerprint density at radius 3 is 2.68 bits per heavy atom. The zero-order valence-electron chi connectivity index (χ0n) is 14.6. The highest BCUT2D eigenvalue weighted by atomic mass is 16.5. The zero-order chi connectivity index (χ0) is 17.6. The molecule has 1 atom stereocenters. The quantitative estimate of drug-likeness (QED) is 0.844. The van der Waals surface area contributed by atoms with Crippen molar-refractivity contribution in [2.75, 3.05) is 13.2 Å². The molecule has 2 N–H and O–H groups in total. The highest BCUT2D eigenvalue weighted by Crippen LogP contribution is 2.24. The number of nitrogens with one attached hydrogen (secondary N) is 1. The molecule has 4 nitrogen and oxygen atoms in total. The molecule has 0 amide bonds. The van der Waals surface area contributed by atoms with Gasteiger partial charge in [-0.25, -0.2) is 0 Å². The van der Waals surface area contributed by atoms with Gasteiger partial charge >= 0.3 is 5.97 Å². The van der Waals surface area contributed by atoms with E-state index in [0.29, 0.717) is 19.8 Å². The number of rotatable bonds is 6. The Morgan fingerprint density at radius 1 is 1.20 bits per heavy atom. The Bertz CT molecular complexity index is 723. The third-order valence-electron chi connectivity index (χ3n) is 4.91. The Balaban J connectivity index is 1.71. The number of aliphatic carboxylic acids is 1. The van der Waals surface area contributed by atoms with Crippen molar-refractivity contribution in [3.8, 4) is 11.1 Å². The second kappa shape index (κ2) is 8.28. The van der Waals surface area contributed by atoms with Crippen molar-refractivity contribution in [2.24, 2.45) is 5.92 Å². The minimum absolute atomic E-state index is 0.130. The number of aryl methyl sites for hydroxylation is 1. The number of carbonyl (C=O) groups is 1. The predicted octanol–water partition coefficient (Wildman–Crippen LogP) is 3.63. The summed E-state index contributed by atoms with van der Waals surface area (Å²) >= 11 is 0. The van der Waals surface area contributed by atoms with Gasteiger partial charge in [0.1, 0.15) is 6.04 Å². The first-order chi connectivity index (χ1) is 12.1. The summed E-state index contributed by atoms with van der Waals surface area (Å²) in [5.74, 6) is -0.646. The smallest absolute Gasteiger partial charge is 0.320 e. The Kier molecular flexibility index (Phi) is 5.84. The lowest BCUT2D eigenvalue weighted by Crippen LogP contribution is -2.44. The van der Waals surface area contributed by atoms with Crippen LogP contribution in [0.1, 0.15) is 24.0 Å². The van der Waals surface area contributed by atoms with E-state index < -0.39 is 12.0 Å². The van der Waals surface area contributed by atoms with Crippen LogP contribution in [0.5, 0.6) is 0 Å².